The smallest absolute Gasteiger partial charge is 0.200 e. The lowest BCUT2D eigenvalue weighted by molar-refractivity contribution is 0.484. The fourth-order valence-electron chi connectivity index (χ4n) is 3.66. The SMILES string of the molecule is CCCCc1ncc(/C=C(\CCc2ccc(C)o2)c2nn[nH]n2)n1Cc1ccccc1Cl. The molecular formula is C24H27ClN6O. The highest BCUT2D eigenvalue weighted by molar-refractivity contribution is 6.31. The zero-order chi connectivity index (χ0) is 22.3. The van der Waals surface area contributed by atoms with Crippen molar-refractivity contribution in [1.82, 2.24) is 30.2 Å². The molecule has 1 aromatic carbocycles. The van der Waals surface area contributed by atoms with Gasteiger partial charge in [0.25, 0.3) is 0 Å². The van der Waals surface area contributed by atoms with Gasteiger partial charge in [0.2, 0.25) is 5.82 Å². The summed E-state index contributed by atoms with van der Waals surface area (Å²) in [5.74, 6) is 3.47. The van der Waals surface area contributed by atoms with Crippen molar-refractivity contribution < 1.29 is 4.42 Å². The molecule has 0 aliphatic heterocycles. The molecule has 0 radical (unpaired) electrons. The Morgan fingerprint density at radius 3 is 2.78 bits per heavy atom. The maximum absolute atomic E-state index is 6.46. The Morgan fingerprint density at radius 2 is 2.06 bits per heavy atom. The maximum Gasteiger partial charge on any atom is 0.200 e. The van der Waals surface area contributed by atoms with Crippen LogP contribution in [0.15, 0.2) is 47.0 Å². The molecule has 4 aromatic rings. The summed E-state index contributed by atoms with van der Waals surface area (Å²) in [5.41, 5.74) is 3.02. The van der Waals surface area contributed by atoms with E-state index < -0.39 is 0 Å². The molecule has 0 bridgehead atoms. The van der Waals surface area contributed by atoms with E-state index >= 15 is 0 Å². The third-order valence-electron chi connectivity index (χ3n) is 5.40. The van der Waals surface area contributed by atoms with Crippen LogP contribution in [0.4, 0.5) is 0 Å². The van der Waals surface area contributed by atoms with E-state index in [4.69, 9.17) is 21.0 Å². The molecule has 0 saturated heterocycles. The molecule has 166 valence electrons. The number of rotatable bonds is 10. The molecular weight excluding hydrogens is 424 g/mol. The van der Waals surface area contributed by atoms with Crippen molar-refractivity contribution in [2.24, 2.45) is 0 Å². The van der Waals surface area contributed by atoms with Crippen LogP contribution in [-0.4, -0.2) is 30.2 Å². The number of halogens is 1. The molecule has 7 nitrogen and oxygen atoms in total. The summed E-state index contributed by atoms with van der Waals surface area (Å²) < 4.78 is 7.97. The molecule has 4 rings (SSSR count). The van der Waals surface area contributed by atoms with Crippen molar-refractivity contribution in [3.63, 3.8) is 0 Å². The number of nitrogens with zero attached hydrogens (tertiary/aromatic N) is 5. The van der Waals surface area contributed by atoms with Gasteiger partial charge in [0.1, 0.15) is 17.3 Å². The Kier molecular flexibility index (Phi) is 7.17. The number of aryl methyl sites for hydroxylation is 3. The molecule has 0 unspecified atom stereocenters. The lowest BCUT2D eigenvalue weighted by Gasteiger charge is -2.12. The van der Waals surface area contributed by atoms with Gasteiger partial charge in [0.15, 0.2) is 0 Å². The average Bonchev–Trinajstić information content (AvgIpc) is 3.54. The second-order valence-corrected chi connectivity index (χ2v) is 8.20. The summed E-state index contributed by atoms with van der Waals surface area (Å²) in [4.78, 5) is 4.73. The van der Waals surface area contributed by atoms with Gasteiger partial charge < -0.3 is 8.98 Å². The van der Waals surface area contributed by atoms with E-state index in [0.29, 0.717) is 18.8 Å². The zero-order valence-corrected chi connectivity index (χ0v) is 19.1. The predicted octanol–water partition coefficient (Wildman–Crippen LogP) is 5.52. The van der Waals surface area contributed by atoms with E-state index in [2.05, 4.69) is 44.3 Å². The number of tetrazole rings is 1. The van der Waals surface area contributed by atoms with Crippen molar-refractivity contribution >= 4 is 23.3 Å². The minimum absolute atomic E-state index is 0.578. The van der Waals surface area contributed by atoms with Crippen molar-refractivity contribution in [3.8, 4) is 0 Å². The van der Waals surface area contributed by atoms with Crippen LogP contribution in [-0.2, 0) is 19.4 Å². The molecule has 3 heterocycles. The van der Waals surface area contributed by atoms with Crippen LogP contribution in [0.5, 0.6) is 0 Å². The van der Waals surface area contributed by atoms with Gasteiger partial charge in [-0.2, -0.15) is 5.21 Å². The van der Waals surface area contributed by atoms with Crippen LogP contribution in [0.1, 0.15) is 60.6 Å². The standard InChI is InChI=1S/C24H27ClN6O/c1-3-4-9-23-26-15-20(31(23)16-19-7-5-6-8-22(19)25)14-18(24-27-29-30-28-24)11-13-21-12-10-17(2)32-21/h5-8,10,12,14-15H,3-4,9,11,13,16H2,1-2H3,(H,27,28,29,30)/b18-14+. The minimum Gasteiger partial charge on any atom is -0.466 e. The third-order valence-corrected chi connectivity index (χ3v) is 5.77. The number of furan rings is 1. The van der Waals surface area contributed by atoms with Crippen LogP contribution in [0.2, 0.25) is 5.02 Å². The molecule has 0 atom stereocenters. The number of benzene rings is 1. The molecule has 0 saturated carbocycles. The van der Waals surface area contributed by atoms with Crippen LogP contribution in [0.3, 0.4) is 0 Å². The van der Waals surface area contributed by atoms with Crippen LogP contribution >= 0.6 is 11.6 Å². The first kappa shape index (κ1) is 22.0. The first-order valence-electron chi connectivity index (χ1n) is 10.9. The second kappa shape index (κ2) is 10.4. The molecule has 8 heteroatoms. The van der Waals surface area contributed by atoms with Crippen LogP contribution in [0.25, 0.3) is 11.6 Å². The highest BCUT2D eigenvalue weighted by atomic mass is 35.5. The van der Waals surface area contributed by atoms with Crippen molar-refractivity contribution in [3.05, 3.63) is 82.0 Å². The van der Waals surface area contributed by atoms with Crippen LogP contribution < -0.4 is 0 Å². The number of aromatic amines is 1. The first-order valence-corrected chi connectivity index (χ1v) is 11.3. The molecule has 0 spiro atoms. The number of nitrogens with one attached hydrogen (secondary N) is 1. The predicted molar refractivity (Wildman–Crippen MR) is 125 cm³/mol. The summed E-state index contributed by atoms with van der Waals surface area (Å²) in [6, 6.07) is 11.9. The minimum atomic E-state index is 0.578. The number of allylic oxidation sites excluding steroid dienone is 1. The fraction of sp³-hybridized carbons (Fsp3) is 0.333. The Morgan fingerprint density at radius 1 is 1.19 bits per heavy atom. The van der Waals surface area contributed by atoms with E-state index in [1.165, 1.54) is 0 Å². The zero-order valence-electron chi connectivity index (χ0n) is 18.4. The van der Waals surface area contributed by atoms with Crippen molar-refractivity contribution in [2.75, 3.05) is 0 Å². The number of H-pyrrole nitrogens is 1. The van der Waals surface area contributed by atoms with E-state index in [9.17, 15) is 0 Å². The van der Waals surface area contributed by atoms with E-state index in [-0.39, 0.29) is 0 Å². The fourth-order valence-corrected chi connectivity index (χ4v) is 3.86. The normalized spacial score (nSPS) is 11.9. The topological polar surface area (TPSA) is 85.4 Å². The largest absolute Gasteiger partial charge is 0.466 e. The molecule has 3 aromatic heterocycles. The van der Waals surface area contributed by atoms with E-state index in [0.717, 1.165) is 64.9 Å². The Bertz CT molecular complexity index is 1180. The molecule has 0 amide bonds. The van der Waals surface area contributed by atoms with E-state index in [1.807, 2.05) is 43.5 Å². The van der Waals surface area contributed by atoms with E-state index in [1.54, 1.807) is 0 Å². The number of hydrogen-bond donors (Lipinski definition) is 1. The van der Waals surface area contributed by atoms with Gasteiger partial charge in [-0.1, -0.05) is 43.1 Å². The first-order chi connectivity index (χ1) is 15.6. The number of aromatic nitrogens is 6. The van der Waals surface area contributed by atoms with Gasteiger partial charge in [-0.3, -0.25) is 0 Å². The number of imidazole rings is 1. The Balaban J connectivity index is 1.68. The monoisotopic (exact) mass is 450 g/mol. The molecule has 1 N–H and O–H groups in total. The quantitative estimate of drug-likeness (QED) is 0.344. The highest BCUT2D eigenvalue weighted by Crippen LogP contribution is 2.24. The second-order valence-electron chi connectivity index (χ2n) is 7.80. The maximum atomic E-state index is 6.46. The van der Waals surface area contributed by atoms with Gasteiger partial charge in [0.05, 0.1) is 18.4 Å². The van der Waals surface area contributed by atoms with Gasteiger partial charge >= 0.3 is 0 Å². The lowest BCUT2D eigenvalue weighted by Crippen LogP contribution is -2.08. The van der Waals surface area contributed by atoms with Crippen molar-refractivity contribution in [1.29, 1.82) is 0 Å². The Hall–Kier alpha value is -3.19. The van der Waals surface area contributed by atoms with Crippen LogP contribution in [0, 0.1) is 6.92 Å². The molecule has 32 heavy (non-hydrogen) atoms. The summed E-state index contributed by atoms with van der Waals surface area (Å²) >= 11 is 6.46. The molecule has 0 aliphatic carbocycles. The summed E-state index contributed by atoms with van der Waals surface area (Å²) in [7, 11) is 0. The lowest BCUT2D eigenvalue weighted by atomic mass is 10.1. The Labute approximate surface area is 192 Å². The summed E-state index contributed by atoms with van der Waals surface area (Å²) in [6.07, 6.45) is 8.58. The average molecular weight is 451 g/mol. The van der Waals surface area contributed by atoms with Gasteiger partial charge in [-0.25, -0.2) is 4.98 Å². The van der Waals surface area contributed by atoms with Gasteiger partial charge in [0, 0.05) is 23.4 Å². The highest BCUT2D eigenvalue weighted by Gasteiger charge is 2.14. The number of hydrogen-bond acceptors (Lipinski definition) is 5. The molecule has 0 fully saturated rings. The number of unbranched alkanes of at least 4 members (excludes halogenated alkanes) is 1. The van der Waals surface area contributed by atoms with Crippen molar-refractivity contribution in [2.45, 2.75) is 52.5 Å². The molecule has 0 aliphatic rings. The third kappa shape index (κ3) is 5.34. The summed E-state index contributed by atoms with van der Waals surface area (Å²) in [6.45, 7) is 4.79. The van der Waals surface area contributed by atoms with Gasteiger partial charge in [-0.05, 0) is 54.8 Å². The summed E-state index contributed by atoms with van der Waals surface area (Å²) in [5, 5.41) is 15.5. The van der Waals surface area contributed by atoms with Gasteiger partial charge in [-0.15, -0.1) is 10.2 Å².